The number of carboxylic acids is 2. The monoisotopic (exact) mass is 314 g/mol. The summed E-state index contributed by atoms with van der Waals surface area (Å²) in [7, 11) is 0. The van der Waals surface area contributed by atoms with Gasteiger partial charge in [0.05, 0.1) is 12.3 Å². The molecule has 0 aliphatic heterocycles. The van der Waals surface area contributed by atoms with E-state index in [-0.39, 0.29) is 6.42 Å². The number of aliphatic carboxylic acids is 2. The summed E-state index contributed by atoms with van der Waals surface area (Å²) < 4.78 is 0. The molecule has 0 aromatic heterocycles. The Labute approximate surface area is 135 Å². The van der Waals surface area contributed by atoms with Crippen LogP contribution in [0.25, 0.3) is 0 Å². The summed E-state index contributed by atoms with van der Waals surface area (Å²) in [6.45, 7) is 10.5. The third kappa shape index (κ3) is 7.28. The van der Waals surface area contributed by atoms with E-state index in [2.05, 4.69) is 34.6 Å². The van der Waals surface area contributed by atoms with E-state index in [4.69, 9.17) is 0 Å². The molecule has 0 bridgehead atoms. The van der Waals surface area contributed by atoms with Gasteiger partial charge in [0.2, 0.25) is 0 Å². The summed E-state index contributed by atoms with van der Waals surface area (Å²) in [6.07, 6.45) is 5.20. The molecular weight excluding hydrogens is 280 g/mol. The number of carboxylic acid groups (broad SMARTS) is 2. The lowest BCUT2D eigenvalue weighted by molar-refractivity contribution is -0.155. The van der Waals surface area contributed by atoms with Crippen molar-refractivity contribution in [2.24, 2.45) is 23.2 Å². The quantitative estimate of drug-likeness (QED) is 0.506. The van der Waals surface area contributed by atoms with Crippen LogP contribution in [-0.2, 0) is 9.59 Å². The van der Waals surface area contributed by atoms with Crippen LogP contribution in [-0.4, -0.2) is 22.2 Å². The molecule has 0 aliphatic rings. The van der Waals surface area contributed by atoms with Crippen LogP contribution in [0.4, 0.5) is 0 Å². The Kier molecular flexibility index (Phi) is 9.38. The van der Waals surface area contributed by atoms with Gasteiger partial charge in [-0.1, -0.05) is 53.9 Å². The third-order valence-electron chi connectivity index (χ3n) is 4.32. The molecule has 1 atom stereocenters. The van der Waals surface area contributed by atoms with E-state index in [0.717, 1.165) is 38.5 Å². The van der Waals surface area contributed by atoms with E-state index in [0.29, 0.717) is 11.8 Å². The van der Waals surface area contributed by atoms with E-state index in [1.165, 1.54) is 0 Å². The fourth-order valence-corrected chi connectivity index (χ4v) is 3.84. The molecular formula is C18H34O4. The summed E-state index contributed by atoms with van der Waals surface area (Å²) in [5.74, 6) is -2.06. The molecule has 1 unspecified atom stereocenters. The van der Waals surface area contributed by atoms with Crippen LogP contribution in [0.5, 0.6) is 0 Å². The van der Waals surface area contributed by atoms with Crippen LogP contribution in [0.2, 0.25) is 0 Å². The highest BCUT2D eigenvalue weighted by molar-refractivity contribution is 5.78. The highest BCUT2D eigenvalue weighted by Gasteiger charge is 2.44. The lowest BCUT2D eigenvalue weighted by Crippen LogP contribution is -2.40. The van der Waals surface area contributed by atoms with Gasteiger partial charge in [-0.05, 0) is 36.5 Å². The number of hydrogen-bond donors (Lipinski definition) is 2. The second-order valence-electron chi connectivity index (χ2n) is 7.50. The first-order valence-corrected chi connectivity index (χ1v) is 8.59. The van der Waals surface area contributed by atoms with Gasteiger partial charge in [0.25, 0.3) is 0 Å². The third-order valence-corrected chi connectivity index (χ3v) is 4.32. The molecule has 4 nitrogen and oxygen atoms in total. The maximum Gasteiger partial charge on any atom is 0.307 e. The van der Waals surface area contributed by atoms with Crippen LogP contribution in [0.3, 0.4) is 0 Å². The van der Waals surface area contributed by atoms with Crippen molar-refractivity contribution >= 4 is 11.9 Å². The first-order chi connectivity index (χ1) is 10.1. The minimum absolute atomic E-state index is 0.277. The average Bonchev–Trinajstić information content (AvgIpc) is 2.33. The molecule has 0 radical (unpaired) electrons. The first-order valence-electron chi connectivity index (χ1n) is 8.59. The van der Waals surface area contributed by atoms with Gasteiger partial charge in [0.15, 0.2) is 0 Å². The lowest BCUT2D eigenvalue weighted by Gasteiger charge is -2.41. The second kappa shape index (κ2) is 9.86. The average molecular weight is 314 g/mol. The molecule has 0 spiro atoms. The van der Waals surface area contributed by atoms with E-state index < -0.39 is 23.3 Å². The highest BCUT2D eigenvalue weighted by atomic mass is 16.4. The van der Waals surface area contributed by atoms with Gasteiger partial charge in [0.1, 0.15) is 0 Å². The maximum atomic E-state index is 11.8. The zero-order chi connectivity index (χ0) is 17.3. The Morgan fingerprint density at radius 3 is 1.77 bits per heavy atom. The predicted octanol–water partition coefficient (Wildman–Crippen LogP) is 4.82. The molecule has 0 rings (SSSR count). The molecule has 2 N–H and O–H groups in total. The summed E-state index contributed by atoms with van der Waals surface area (Å²) in [5, 5.41) is 18.8. The number of carbonyl (C=O) groups is 2. The molecule has 0 fully saturated rings. The SMILES string of the molecule is CCCCCC(CC(C)C)(CC(C)C)C(CC(=O)O)C(=O)O. The van der Waals surface area contributed by atoms with Crippen LogP contribution in [0, 0.1) is 23.2 Å². The Morgan fingerprint density at radius 2 is 1.45 bits per heavy atom. The minimum Gasteiger partial charge on any atom is -0.481 e. The normalized spacial score (nSPS) is 13.6. The van der Waals surface area contributed by atoms with Gasteiger partial charge < -0.3 is 10.2 Å². The van der Waals surface area contributed by atoms with Crippen molar-refractivity contribution in [2.75, 3.05) is 0 Å². The van der Waals surface area contributed by atoms with Gasteiger partial charge >= 0.3 is 11.9 Å². The second-order valence-corrected chi connectivity index (χ2v) is 7.50. The van der Waals surface area contributed by atoms with Gasteiger partial charge in [-0.15, -0.1) is 0 Å². The van der Waals surface area contributed by atoms with Crippen molar-refractivity contribution in [3.63, 3.8) is 0 Å². The fraction of sp³-hybridized carbons (Fsp3) is 0.889. The highest BCUT2D eigenvalue weighted by Crippen LogP contribution is 2.46. The standard InChI is InChI=1S/C18H34O4/c1-6-7-8-9-18(11-13(2)3,12-14(4)5)15(17(21)22)10-16(19)20/h13-15H,6-12H2,1-5H3,(H,19,20)(H,21,22). The Hall–Kier alpha value is -1.06. The summed E-state index contributed by atoms with van der Waals surface area (Å²) in [6, 6.07) is 0. The van der Waals surface area contributed by atoms with Crippen molar-refractivity contribution in [1.29, 1.82) is 0 Å². The van der Waals surface area contributed by atoms with Crippen LogP contribution in [0.1, 0.15) is 79.6 Å². The zero-order valence-corrected chi connectivity index (χ0v) is 14.9. The van der Waals surface area contributed by atoms with Crippen molar-refractivity contribution in [2.45, 2.75) is 79.6 Å². The predicted molar refractivity (Wildman–Crippen MR) is 88.9 cm³/mol. The van der Waals surface area contributed by atoms with E-state index in [9.17, 15) is 19.8 Å². The van der Waals surface area contributed by atoms with Crippen LogP contribution >= 0.6 is 0 Å². The van der Waals surface area contributed by atoms with Gasteiger partial charge in [0, 0.05) is 0 Å². The maximum absolute atomic E-state index is 11.8. The summed E-state index contributed by atoms with van der Waals surface area (Å²) in [5.41, 5.74) is -0.415. The topological polar surface area (TPSA) is 74.6 Å². The van der Waals surface area contributed by atoms with Gasteiger partial charge in [-0.3, -0.25) is 9.59 Å². The largest absolute Gasteiger partial charge is 0.481 e. The summed E-state index contributed by atoms with van der Waals surface area (Å²) in [4.78, 5) is 23.0. The number of hydrogen-bond acceptors (Lipinski definition) is 2. The molecule has 0 amide bonds. The van der Waals surface area contributed by atoms with Gasteiger partial charge in [-0.2, -0.15) is 0 Å². The molecule has 0 aromatic carbocycles. The lowest BCUT2D eigenvalue weighted by atomic mass is 9.62. The van der Waals surface area contributed by atoms with Crippen molar-refractivity contribution < 1.29 is 19.8 Å². The Bertz CT molecular complexity index is 337. The first kappa shape index (κ1) is 20.9. The molecule has 0 heterocycles. The smallest absolute Gasteiger partial charge is 0.307 e. The zero-order valence-electron chi connectivity index (χ0n) is 14.9. The minimum atomic E-state index is -1.01. The van der Waals surface area contributed by atoms with E-state index in [1.807, 2.05) is 0 Å². The van der Waals surface area contributed by atoms with Crippen LogP contribution < -0.4 is 0 Å². The number of rotatable bonds is 12. The molecule has 4 heteroatoms. The number of unbranched alkanes of at least 4 members (excludes halogenated alkanes) is 2. The van der Waals surface area contributed by atoms with Crippen molar-refractivity contribution in [1.82, 2.24) is 0 Å². The summed E-state index contributed by atoms with van der Waals surface area (Å²) >= 11 is 0. The molecule has 0 aromatic rings. The Balaban J connectivity index is 5.59. The van der Waals surface area contributed by atoms with Crippen molar-refractivity contribution in [3.05, 3.63) is 0 Å². The Morgan fingerprint density at radius 1 is 0.955 bits per heavy atom. The fourth-order valence-electron chi connectivity index (χ4n) is 3.84. The molecule has 0 aliphatic carbocycles. The van der Waals surface area contributed by atoms with Crippen LogP contribution in [0.15, 0.2) is 0 Å². The van der Waals surface area contributed by atoms with Crippen molar-refractivity contribution in [3.8, 4) is 0 Å². The molecule has 22 heavy (non-hydrogen) atoms. The molecule has 0 saturated carbocycles. The molecule has 130 valence electrons. The van der Waals surface area contributed by atoms with E-state index in [1.54, 1.807) is 0 Å². The molecule has 0 saturated heterocycles. The van der Waals surface area contributed by atoms with E-state index >= 15 is 0 Å². The van der Waals surface area contributed by atoms with Gasteiger partial charge in [-0.25, -0.2) is 0 Å².